The standard InChI is InChI=1S/C15H19NO6S/c1-10(2)23(20,21)22-12-8-13(15(18)19)16(9-12)14(17)11-6-4-3-5-7-11/h3-7,10,12-13H,8-9H2,1-2H3,(H,18,19)/t12?,13-/m0/s1. The fourth-order valence-electron chi connectivity index (χ4n) is 2.37. The fraction of sp³-hybridized carbons (Fsp3) is 0.467. The van der Waals surface area contributed by atoms with Crippen LogP contribution in [0.25, 0.3) is 0 Å². The molecule has 1 aromatic rings. The monoisotopic (exact) mass is 341 g/mol. The number of benzene rings is 1. The summed E-state index contributed by atoms with van der Waals surface area (Å²) >= 11 is 0. The van der Waals surface area contributed by atoms with Crippen LogP contribution in [0.3, 0.4) is 0 Å². The first-order chi connectivity index (χ1) is 10.7. The van der Waals surface area contributed by atoms with Gasteiger partial charge < -0.3 is 10.0 Å². The van der Waals surface area contributed by atoms with Gasteiger partial charge in [0.05, 0.1) is 11.4 Å². The predicted molar refractivity (Wildman–Crippen MR) is 82.4 cm³/mol. The number of hydrogen-bond acceptors (Lipinski definition) is 5. The molecule has 8 heteroatoms. The Hall–Kier alpha value is -1.93. The van der Waals surface area contributed by atoms with Gasteiger partial charge in [-0.2, -0.15) is 8.42 Å². The molecule has 1 heterocycles. The SMILES string of the molecule is CC(C)S(=O)(=O)OC1C[C@@H](C(=O)O)N(C(=O)c2ccccc2)C1. The van der Waals surface area contributed by atoms with Crippen LogP contribution in [0, 0.1) is 0 Å². The van der Waals surface area contributed by atoms with Crippen LogP contribution in [-0.2, 0) is 19.1 Å². The van der Waals surface area contributed by atoms with Crippen molar-refractivity contribution in [1.29, 1.82) is 0 Å². The van der Waals surface area contributed by atoms with E-state index >= 15 is 0 Å². The van der Waals surface area contributed by atoms with Crippen molar-refractivity contribution in [3.05, 3.63) is 35.9 Å². The average molecular weight is 341 g/mol. The van der Waals surface area contributed by atoms with Crippen LogP contribution < -0.4 is 0 Å². The number of carboxylic acids is 1. The Morgan fingerprint density at radius 3 is 2.39 bits per heavy atom. The van der Waals surface area contributed by atoms with Crippen molar-refractivity contribution in [3.63, 3.8) is 0 Å². The van der Waals surface area contributed by atoms with E-state index in [1.807, 2.05) is 0 Å². The van der Waals surface area contributed by atoms with Crippen molar-refractivity contribution in [3.8, 4) is 0 Å². The maximum atomic E-state index is 12.5. The van der Waals surface area contributed by atoms with Crippen LogP contribution in [0.2, 0.25) is 0 Å². The molecule has 1 aromatic carbocycles. The number of nitrogens with zero attached hydrogens (tertiary/aromatic N) is 1. The fourth-order valence-corrected chi connectivity index (χ4v) is 3.11. The van der Waals surface area contributed by atoms with Crippen molar-refractivity contribution in [1.82, 2.24) is 4.90 Å². The molecule has 7 nitrogen and oxygen atoms in total. The Balaban J connectivity index is 2.19. The Morgan fingerprint density at radius 2 is 1.87 bits per heavy atom. The number of likely N-dealkylation sites (tertiary alicyclic amines) is 1. The van der Waals surface area contributed by atoms with Crippen LogP contribution in [0.15, 0.2) is 30.3 Å². The third-order valence-corrected chi connectivity index (χ3v) is 5.37. The Kier molecular flexibility index (Phi) is 5.06. The van der Waals surface area contributed by atoms with E-state index in [0.717, 1.165) is 4.90 Å². The smallest absolute Gasteiger partial charge is 0.326 e. The first-order valence-electron chi connectivity index (χ1n) is 7.23. The van der Waals surface area contributed by atoms with E-state index in [1.165, 1.54) is 13.8 Å². The second kappa shape index (κ2) is 6.67. The van der Waals surface area contributed by atoms with Gasteiger partial charge in [-0.1, -0.05) is 18.2 Å². The largest absolute Gasteiger partial charge is 0.480 e. The predicted octanol–water partition coefficient (Wildman–Crippen LogP) is 1.11. The molecule has 0 aliphatic carbocycles. The van der Waals surface area contributed by atoms with Crippen molar-refractivity contribution in [2.24, 2.45) is 0 Å². The number of hydrogen-bond donors (Lipinski definition) is 1. The lowest BCUT2D eigenvalue weighted by Gasteiger charge is -2.21. The maximum Gasteiger partial charge on any atom is 0.326 e. The minimum Gasteiger partial charge on any atom is -0.480 e. The second-order valence-corrected chi connectivity index (χ2v) is 7.79. The van der Waals surface area contributed by atoms with Crippen molar-refractivity contribution >= 4 is 22.0 Å². The Morgan fingerprint density at radius 1 is 1.26 bits per heavy atom. The van der Waals surface area contributed by atoms with E-state index in [4.69, 9.17) is 4.18 Å². The lowest BCUT2D eigenvalue weighted by atomic mass is 10.1. The minimum atomic E-state index is -3.78. The zero-order valence-electron chi connectivity index (χ0n) is 12.9. The molecule has 1 saturated heterocycles. The summed E-state index contributed by atoms with van der Waals surface area (Å²) in [5, 5.41) is 8.57. The highest BCUT2D eigenvalue weighted by molar-refractivity contribution is 7.87. The van der Waals surface area contributed by atoms with Crippen molar-refractivity contribution < 1.29 is 27.3 Å². The van der Waals surface area contributed by atoms with Gasteiger partial charge in [0.2, 0.25) is 0 Å². The average Bonchev–Trinajstić information content (AvgIpc) is 2.90. The molecular weight excluding hydrogens is 322 g/mol. The molecule has 0 saturated carbocycles. The van der Waals surface area contributed by atoms with Gasteiger partial charge in [-0.15, -0.1) is 0 Å². The van der Waals surface area contributed by atoms with Crippen molar-refractivity contribution in [2.75, 3.05) is 6.54 Å². The molecule has 0 radical (unpaired) electrons. The molecule has 1 amide bonds. The summed E-state index contributed by atoms with van der Waals surface area (Å²) in [6.45, 7) is 2.88. The van der Waals surface area contributed by atoms with Crippen LogP contribution in [0.1, 0.15) is 30.6 Å². The molecule has 1 fully saturated rings. The molecular formula is C15H19NO6S. The van der Waals surface area contributed by atoms with E-state index in [1.54, 1.807) is 30.3 Å². The molecule has 1 N–H and O–H groups in total. The second-order valence-electron chi connectivity index (χ2n) is 5.67. The molecule has 23 heavy (non-hydrogen) atoms. The zero-order chi connectivity index (χ0) is 17.2. The topological polar surface area (TPSA) is 101 Å². The summed E-state index contributed by atoms with van der Waals surface area (Å²) in [5.74, 6) is -1.63. The quantitative estimate of drug-likeness (QED) is 0.805. The first-order valence-corrected chi connectivity index (χ1v) is 8.70. The van der Waals surface area contributed by atoms with E-state index in [2.05, 4.69) is 0 Å². The summed E-state index contributed by atoms with van der Waals surface area (Å²) in [6, 6.07) is 7.17. The number of carboxylic acid groups (broad SMARTS) is 1. The Labute approximate surface area is 135 Å². The highest BCUT2D eigenvalue weighted by Gasteiger charge is 2.42. The van der Waals surface area contributed by atoms with Crippen LogP contribution in [0.5, 0.6) is 0 Å². The lowest BCUT2D eigenvalue weighted by molar-refractivity contribution is -0.141. The van der Waals surface area contributed by atoms with E-state index in [0.29, 0.717) is 5.56 Å². The van der Waals surface area contributed by atoms with Gasteiger partial charge in [0.25, 0.3) is 16.0 Å². The molecule has 0 aromatic heterocycles. The third-order valence-electron chi connectivity index (χ3n) is 3.68. The van der Waals surface area contributed by atoms with Gasteiger partial charge in [-0.3, -0.25) is 8.98 Å². The van der Waals surface area contributed by atoms with E-state index in [9.17, 15) is 23.1 Å². The van der Waals surface area contributed by atoms with Gasteiger partial charge in [0, 0.05) is 18.5 Å². The normalized spacial score (nSPS) is 21.6. The van der Waals surface area contributed by atoms with Gasteiger partial charge in [-0.25, -0.2) is 4.79 Å². The molecule has 1 aliphatic heterocycles. The van der Waals surface area contributed by atoms with Crippen LogP contribution in [-0.4, -0.2) is 54.2 Å². The molecule has 2 atom stereocenters. The van der Waals surface area contributed by atoms with Gasteiger partial charge in [0.15, 0.2) is 0 Å². The molecule has 0 bridgehead atoms. The highest BCUT2D eigenvalue weighted by Crippen LogP contribution is 2.25. The minimum absolute atomic E-state index is 0.0557. The number of carbonyl (C=O) groups is 2. The number of amides is 1. The maximum absolute atomic E-state index is 12.5. The van der Waals surface area contributed by atoms with E-state index in [-0.39, 0.29) is 13.0 Å². The van der Waals surface area contributed by atoms with Crippen molar-refractivity contribution in [2.45, 2.75) is 37.7 Å². The van der Waals surface area contributed by atoms with Crippen LogP contribution in [0.4, 0.5) is 0 Å². The van der Waals surface area contributed by atoms with Gasteiger partial charge in [-0.05, 0) is 26.0 Å². The lowest BCUT2D eigenvalue weighted by Crippen LogP contribution is -2.40. The zero-order valence-corrected chi connectivity index (χ0v) is 13.7. The molecule has 1 unspecified atom stereocenters. The molecule has 1 aliphatic rings. The highest BCUT2D eigenvalue weighted by atomic mass is 32.2. The summed E-state index contributed by atoms with van der Waals surface area (Å²) in [6.07, 6.45) is -0.906. The molecule has 0 spiro atoms. The first kappa shape index (κ1) is 17.4. The van der Waals surface area contributed by atoms with E-state index < -0.39 is 39.4 Å². The third kappa shape index (κ3) is 3.89. The van der Waals surface area contributed by atoms with Crippen LogP contribution >= 0.6 is 0 Å². The Bertz CT molecular complexity index is 685. The van der Waals surface area contributed by atoms with Gasteiger partial charge >= 0.3 is 5.97 Å². The molecule has 2 rings (SSSR count). The summed E-state index contributed by atoms with van der Waals surface area (Å²) < 4.78 is 28.7. The number of carbonyl (C=O) groups excluding carboxylic acids is 1. The number of rotatable bonds is 5. The number of aliphatic carboxylic acids is 1. The summed E-state index contributed by atoms with van der Waals surface area (Å²) in [5.41, 5.74) is 0.353. The summed E-state index contributed by atoms with van der Waals surface area (Å²) in [7, 11) is -3.78. The van der Waals surface area contributed by atoms with Gasteiger partial charge in [0.1, 0.15) is 6.04 Å². The summed E-state index contributed by atoms with van der Waals surface area (Å²) in [4.78, 5) is 25.0. The molecule has 126 valence electrons.